The number of nitrogens with zero attached hydrogens (tertiary/aromatic N) is 3. The minimum Gasteiger partial charge on any atom is -0.366 e. The van der Waals surface area contributed by atoms with Gasteiger partial charge in [0, 0.05) is 30.0 Å². The van der Waals surface area contributed by atoms with Crippen molar-refractivity contribution >= 4 is 27.2 Å². The van der Waals surface area contributed by atoms with Crippen molar-refractivity contribution in [1.82, 2.24) is 14.9 Å². The molecule has 3 heterocycles. The van der Waals surface area contributed by atoms with Gasteiger partial charge < -0.3 is 5.32 Å². The van der Waals surface area contributed by atoms with E-state index < -0.39 is 0 Å². The van der Waals surface area contributed by atoms with Gasteiger partial charge in [0.2, 0.25) is 0 Å². The molecule has 1 aliphatic heterocycles. The molecule has 0 radical (unpaired) electrons. The fourth-order valence-corrected chi connectivity index (χ4v) is 4.25. The van der Waals surface area contributed by atoms with Crippen molar-refractivity contribution in [2.24, 2.45) is 0 Å². The molecule has 1 fully saturated rings. The van der Waals surface area contributed by atoms with Gasteiger partial charge in [0.05, 0.1) is 0 Å². The Balaban J connectivity index is 1.43. The quantitative estimate of drug-likeness (QED) is 0.793. The highest BCUT2D eigenvalue weighted by atomic mass is 32.1. The van der Waals surface area contributed by atoms with Crippen molar-refractivity contribution in [3.63, 3.8) is 0 Å². The molecule has 0 aliphatic carbocycles. The van der Waals surface area contributed by atoms with E-state index >= 15 is 0 Å². The molecule has 118 valence electrons. The summed E-state index contributed by atoms with van der Waals surface area (Å²) < 4.78 is 1.38. The largest absolute Gasteiger partial charge is 0.366 e. The summed E-state index contributed by atoms with van der Waals surface area (Å²) in [5.74, 6) is 0.924. The van der Waals surface area contributed by atoms with Crippen LogP contribution in [0.1, 0.15) is 18.4 Å². The van der Waals surface area contributed by atoms with Crippen LogP contribution in [0, 0.1) is 0 Å². The maximum atomic E-state index is 4.28. The summed E-state index contributed by atoms with van der Waals surface area (Å²) in [6, 6.07) is 11.1. The fourth-order valence-electron chi connectivity index (χ4n) is 3.30. The van der Waals surface area contributed by atoms with Crippen LogP contribution in [0.4, 0.5) is 5.82 Å². The van der Waals surface area contributed by atoms with Crippen LogP contribution in [0.2, 0.25) is 0 Å². The van der Waals surface area contributed by atoms with Crippen molar-refractivity contribution in [2.45, 2.75) is 25.4 Å². The minimum absolute atomic E-state index is 0.462. The molecule has 4 nitrogen and oxygen atoms in total. The topological polar surface area (TPSA) is 41.0 Å². The molecule has 3 aromatic rings. The Morgan fingerprint density at radius 2 is 2.22 bits per heavy atom. The molecule has 0 saturated carbocycles. The van der Waals surface area contributed by atoms with Crippen LogP contribution in [0.15, 0.2) is 48.2 Å². The van der Waals surface area contributed by atoms with Gasteiger partial charge in [-0.15, -0.1) is 11.3 Å². The average molecular weight is 324 g/mol. The molecule has 1 aromatic carbocycles. The van der Waals surface area contributed by atoms with E-state index in [4.69, 9.17) is 0 Å². The Hall–Kier alpha value is -1.98. The summed E-state index contributed by atoms with van der Waals surface area (Å²) in [6.07, 6.45) is 5.81. The number of rotatable bonds is 4. The van der Waals surface area contributed by atoms with Crippen LogP contribution in [-0.4, -0.2) is 34.0 Å². The van der Waals surface area contributed by atoms with Gasteiger partial charge in [-0.25, -0.2) is 9.97 Å². The molecule has 1 N–H and O–H groups in total. The van der Waals surface area contributed by atoms with E-state index in [9.17, 15) is 0 Å². The van der Waals surface area contributed by atoms with E-state index in [0.717, 1.165) is 18.9 Å². The Morgan fingerprint density at radius 1 is 1.26 bits per heavy atom. The zero-order chi connectivity index (χ0) is 15.5. The normalized spacial score (nSPS) is 19.0. The van der Waals surface area contributed by atoms with Gasteiger partial charge in [0.1, 0.15) is 12.1 Å². The smallest absolute Gasteiger partial charge is 0.129 e. The number of hydrogen-bond acceptors (Lipinski definition) is 5. The summed E-state index contributed by atoms with van der Waals surface area (Å²) in [7, 11) is 0. The highest BCUT2D eigenvalue weighted by molar-refractivity contribution is 7.17. The second-order valence-corrected chi connectivity index (χ2v) is 6.98. The highest BCUT2D eigenvalue weighted by Crippen LogP contribution is 2.27. The third-order valence-electron chi connectivity index (χ3n) is 4.39. The number of anilines is 1. The molecule has 0 bridgehead atoms. The van der Waals surface area contributed by atoms with E-state index in [1.54, 1.807) is 12.5 Å². The third kappa shape index (κ3) is 3.35. The van der Waals surface area contributed by atoms with Crippen molar-refractivity contribution in [1.29, 1.82) is 0 Å². The second-order valence-electron chi connectivity index (χ2n) is 6.07. The number of benzene rings is 1. The number of fused-ring (bicyclic) bond motifs is 1. The molecule has 0 spiro atoms. The van der Waals surface area contributed by atoms with E-state index in [-0.39, 0.29) is 0 Å². The Bertz CT molecular complexity index is 771. The second kappa shape index (κ2) is 6.64. The summed E-state index contributed by atoms with van der Waals surface area (Å²) in [6.45, 7) is 3.27. The predicted molar refractivity (Wildman–Crippen MR) is 95.8 cm³/mol. The lowest BCUT2D eigenvalue weighted by atomic mass is 10.0. The lowest BCUT2D eigenvalue weighted by Crippen LogP contribution is -2.41. The van der Waals surface area contributed by atoms with Gasteiger partial charge >= 0.3 is 0 Å². The van der Waals surface area contributed by atoms with E-state index in [1.165, 1.54) is 35.0 Å². The Labute approximate surface area is 140 Å². The van der Waals surface area contributed by atoms with Crippen LogP contribution in [0.25, 0.3) is 10.1 Å². The minimum atomic E-state index is 0.462. The fraction of sp³-hybridized carbons (Fsp3) is 0.333. The number of thiophene rings is 1. The van der Waals surface area contributed by atoms with Crippen LogP contribution in [0.3, 0.4) is 0 Å². The molecule has 23 heavy (non-hydrogen) atoms. The number of piperidine rings is 1. The Kier molecular flexibility index (Phi) is 4.22. The molecule has 5 heteroatoms. The van der Waals surface area contributed by atoms with Crippen molar-refractivity contribution in [3.05, 3.63) is 53.8 Å². The maximum absolute atomic E-state index is 4.28. The van der Waals surface area contributed by atoms with Crippen LogP contribution < -0.4 is 5.32 Å². The van der Waals surface area contributed by atoms with Gasteiger partial charge in [-0.1, -0.05) is 18.2 Å². The number of hydrogen-bond donors (Lipinski definition) is 1. The monoisotopic (exact) mass is 324 g/mol. The van der Waals surface area contributed by atoms with Gasteiger partial charge in [-0.3, -0.25) is 4.90 Å². The van der Waals surface area contributed by atoms with E-state index in [2.05, 4.69) is 49.8 Å². The van der Waals surface area contributed by atoms with E-state index in [0.29, 0.717) is 6.04 Å². The SMILES string of the molecule is c1ccc2c(CN3CCCC(Nc4ccncn4)C3)csc2c1. The first-order chi connectivity index (χ1) is 11.4. The summed E-state index contributed by atoms with van der Waals surface area (Å²) >= 11 is 1.85. The zero-order valence-corrected chi connectivity index (χ0v) is 13.8. The molecule has 2 aromatic heterocycles. The Morgan fingerprint density at radius 3 is 3.13 bits per heavy atom. The molecule has 1 unspecified atom stereocenters. The molecule has 1 atom stereocenters. The standard InChI is InChI=1S/C18H20N4S/c1-2-6-17-16(5-1)14(12-23-17)10-22-9-3-4-15(11-22)21-18-7-8-19-13-20-18/h1-2,5-8,12-13,15H,3-4,9-11H2,(H,19,20,21). The van der Waals surface area contributed by atoms with Crippen molar-refractivity contribution in [3.8, 4) is 0 Å². The lowest BCUT2D eigenvalue weighted by Gasteiger charge is -2.33. The molecule has 1 aliphatic rings. The van der Waals surface area contributed by atoms with Gasteiger partial charge in [-0.2, -0.15) is 0 Å². The predicted octanol–water partition coefficient (Wildman–Crippen LogP) is 3.77. The molecule has 0 amide bonds. The first-order valence-electron chi connectivity index (χ1n) is 8.08. The van der Waals surface area contributed by atoms with Crippen molar-refractivity contribution in [2.75, 3.05) is 18.4 Å². The van der Waals surface area contributed by atoms with Crippen molar-refractivity contribution < 1.29 is 0 Å². The van der Waals surface area contributed by atoms with Crippen LogP contribution in [0.5, 0.6) is 0 Å². The molecular weight excluding hydrogens is 304 g/mol. The van der Waals surface area contributed by atoms with Gasteiger partial charge in [0.15, 0.2) is 0 Å². The molecule has 4 rings (SSSR count). The number of aromatic nitrogens is 2. The summed E-state index contributed by atoms with van der Waals surface area (Å²) in [5, 5.41) is 7.25. The zero-order valence-electron chi connectivity index (χ0n) is 13.0. The molecule has 1 saturated heterocycles. The third-order valence-corrected chi connectivity index (χ3v) is 5.41. The molecular formula is C18H20N4S. The number of nitrogens with one attached hydrogen (secondary N) is 1. The average Bonchev–Trinajstić information content (AvgIpc) is 2.99. The first-order valence-corrected chi connectivity index (χ1v) is 8.96. The van der Waals surface area contributed by atoms with Crippen LogP contribution >= 0.6 is 11.3 Å². The summed E-state index contributed by atoms with van der Waals surface area (Å²) in [5.41, 5.74) is 1.45. The summed E-state index contributed by atoms with van der Waals surface area (Å²) in [4.78, 5) is 10.8. The van der Waals surface area contributed by atoms with Crippen LogP contribution in [-0.2, 0) is 6.54 Å². The lowest BCUT2D eigenvalue weighted by molar-refractivity contribution is 0.209. The van der Waals surface area contributed by atoms with E-state index in [1.807, 2.05) is 17.4 Å². The highest BCUT2D eigenvalue weighted by Gasteiger charge is 2.20. The number of likely N-dealkylation sites (tertiary alicyclic amines) is 1. The van der Waals surface area contributed by atoms with Gasteiger partial charge in [-0.05, 0) is 47.8 Å². The maximum Gasteiger partial charge on any atom is 0.129 e. The first kappa shape index (κ1) is 14.6. The van der Waals surface area contributed by atoms with Gasteiger partial charge in [0.25, 0.3) is 0 Å².